The summed E-state index contributed by atoms with van der Waals surface area (Å²) in [7, 11) is -10.5. The summed E-state index contributed by atoms with van der Waals surface area (Å²) in [5.41, 5.74) is 0. The average molecular weight is 277 g/mol. The Morgan fingerprint density at radius 3 is 1.54 bits per heavy atom. The zero-order valence-electron chi connectivity index (χ0n) is 5.62. The summed E-state index contributed by atoms with van der Waals surface area (Å²) in [6.45, 7) is -4.52. The van der Waals surface area contributed by atoms with Crippen LogP contribution < -0.4 is 0 Å². The van der Waals surface area contributed by atoms with Crippen LogP contribution >= 0.6 is 22.4 Å². The van der Waals surface area contributed by atoms with Crippen molar-refractivity contribution >= 4 is 34.2 Å². The molecule has 0 aliphatic heterocycles. The number of phosphoric acid groups is 2. The molecule has 0 aliphatic carbocycles. The first-order chi connectivity index (χ1) is 5.41. The Kier molecular flexibility index (Phi) is 4.40. The van der Waals surface area contributed by atoms with E-state index in [2.05, 4.69) is 20.4 Å². The van der Waals surface area contributed by atoms with Crippen molar-refractivity contribution in [1.29, 1.82) is 0 Å². The standard InChI is InChI=1S/H5O9P3S/c1-10(2,3)8-11(4,5)9-12(6,7)13/h(H,4,5)(H2,1,2,3)(H2,6,7,13)/i13+3. The molecular formula is H5O9P3S. The molecule has 80 valence electrons. The van der Waals surface area contributed by atoms with E-state index >= 15 is 0 Å². The highest BCUT2D eigenvalue weighted by Crippen LogP contribution is 2.64. The molecule has 0 aliphatic rings. The summed E-state index contributed by atoms with van der Waals surface area (Å²) < 4.78 is 27.1. The van der Waals surface area contributed by atoms with Gasteiger partial charge in [-0.3, -0.25) is 0 Å². The molecule has 0 heterocycles. The van der Waals surface area contributed by atoms with E-state index in [4.69, 9.17) is 24.5 Å². The average Bonchev–Trinajstić information content (AvgIpc) is 1.43. The van der Waals surface area contributed by atoms with Crippen LogP contribution in [0.3, 0.4) is 0 Å². The number of hydrogen-bond acceptors (Lipinski definition) is 5. The SMILES string of the molecule is O=P(O)(O)OP(=O)(O)OP(O)(O)=[35S]. The minimum absolute atomic E-state index is 3.20. The molecule has 0 spiro atoms. The highest BCUT2D eigenvalue weighted by atomic mass is 35.1. The smallest absolute Gasteiger partial charge is 0.324 e. The van der Waals surface area contributed by atoms with Crippen LogP contribution in [0.4, 0.5) is 0 Å². The molecule has 0 bridgehead atoms. The molecule has 0 rings (SSSR count). The van der Waals surface area contributed by atoms with E-state index in [0.29, 0.717) is 0 Å². The molecule has 0 amide bonds. The van der Waals surface area contributed by atoms with Gasteiger partial charge in [0.1, 0.15) is 0 Å². The first-order valence-corrected chi connectivity index (χ1v) is 7.93. The van der Waals surface area contributed by atoms with Crippen LogP contribution in [0.25, 0.3) is 0 Å². The summed E-state index contributed by atoms with van der Waals surface area (Å²) in [6.07, 6.45) is 0. The topological polar surface area (TPSA) is 154 Å². The minimum Gasteiger partial charge on any atom is -0.324 e. The van der Waals surface area contributed by atoms with Crippen LogP contribution in [-0.4, -0.2) is 24.5 Å². The van der Waals surface area contributed by atoms with E-state index in [9.17, 15) is 9.13 Å². The summed E-state index contributed by atoms with van der Waals surface area (Å²) in [6, 6.07) is 0. The van der Waals surface area contributed by atoms with Crippen LogP contribution in [0.2, 0.25) is 0 Å². The van der Waals surface area contributed by atoms with Crippen molar-refractivity contribution < 1.29 is 42.2 Å². The molecule has 13 heteroatoms. The molecule has 0 saturated carbocycles. The molecule has 1 atom stereocenters. The maximum atomic E-state index is 10.5. The molecule has 0 radical (unpaired) electrons. The van der Waals surface area contributed by atoms with E-state index in [1.165, 1.54) is 0 Å². The van der Waals surface area contributed by atoms with E-state index in [-0.39, 0.29) is 0 Å². The summed E-state index contributed by atoms with van der Waals surface area (Å²) >= 11 is 3.76. The predicted molar refractivity (Wildman–Crippen MR) is 42.8 cm³/mol. The van der Waals surface area contributed by atoms with Crippen molar-refractivity contribution in [2.75, 3.05) is 0 Å². The molecule has 0 aromatic carbocycles. The maximum absolute atomic E-state index is 10.5. The third-order valence-electron chi connectivity index (χ3n) is 0.419. The first kappa shape index (κ1) is 13.8. The van der Waals surface area contributed by atoms with Gasteiger partial charge in [0.15, 0.2) is 0 Å². The normalized spacial score (nSPS) is 18.2. The molecule has 0 aromatic rings. The maximum Gasteiger partial charge on any atom is 0.488 e. The van der Waals surface area contributed by atoms with Gasteiger partial charge < -0.3 is 24.5 Å². The van der Waals surface area contributed by atoms with Crippen molar-refractivity contribution in [2.24, 2.45) is 0 Å². The summed E-state index contributed by atoms with van der Waals surface area (Å²) in [4.78, 5) is 41.2. The van der Waals surface area contributed by atoms with Gasteiger partial charge in [0.25, 0.3) is 0 Å². The lowest BCUT2D eigenvalue weighted by molar-refractivity contribution is 0.221. The molecule has 5 N–H and O–H groups in total. The fourth-order valence-corrected chi connectivity index (χ4v) is 3.58. The van der Waals surface area contributed by atoms with Crippen LogP contribution in [-0.2, 0) is 29.6 Å². The lowest BCUT2D eigenvalue weighted by atomic mass is 15.7. The Morgan fingerprint density at radius 1 is 0.923 bits per heavy atom. The van der Waals surface area contributed by atoms with E-state index in [1.807, 2.05) is 0 Å². The zero-order chi connectivity index (χ0) is 10.9. The lowest BCUT2D eigenvalue weighted by Gasteiger charge is -2.13. The van der Waals surface area contributed by atoms with Gasteiger partial charge in [0.2, 0.25) is 0 Å². The van der Waals surface area contributed by atoms with Gasteiger partial charge in [-0.1, -0.05) is 0 Å². The van der Waals surface area contributed by atoms with Gasteiger partial charge in [-0.2, -0.15) is 4.31 Å². The van der Waals surface area contributed by atoms with Crippen LogP contribution in [0, 0.1) is 0 Å². The second-order valence-corrected chi connectivity index (χ2v) is 7.25. The van der Waals surface area contributed by atoms with E-state index in [1.54, 1.807) is 0 Å². The van der Waals surface area contributed by atoms with Gasteiger partial charge in [-0.15, -0.1) is 0 Å². The van der Waals surface area contributed by atoms with Crippen LogP contribution in [0.5, 0.6) is 0 Å². The monoisotopic (exact) mass is 277 g/mol. The molecule has 0 aromatic heterocycles. The number of hydrogen-bond donors (Lipinski definition) is 5. The Hall–Kier alpha value is 0.830. The highest BCUT2D eigenvalue weighted by Gasteiger charge is 2.36. The third-order valence-corrected chi connectivity index (χ3v) is 4.37. The van der Waals surface area contributed by atoms with Crippen LogP contribution in [0.1, 0.15) is 0 Å². The first-order valence-electron chi connectivity index (χ1n) is 2.28. The van der Waals surface area contributed by atoms with Crippen LogP contribution in [0.15, 0.2) is 0 Å². The fourth-order valence-electron chi connectivity index (χ4n) is 0.284. The Labute approximate surface area is 77.1 Å². The minimum atomic E-state index is -5.26. The van der Waals surface area contributed by atoms with Crippen molar-refractivity contribution in [3.8, 4) is 0 Å². The van der Waals surface area contributed by atoms with Crippen molar-refractivity contribution in [1.82, 2.24) is 0 Å². The molecule has 1 unspecified atom stereocenters. The van der Waals surface area contributed by atoms with Crippen molar-refractivity contribution in [2.45, 2.75) is 0 Å². The van der Waals surface area contributed by atoms with E-state index < -0.39 is 22.4 Å². The summed E-state index contributed by atoms with van der Waals surface area (Å²) in [5.74, 6) is 0. The van der Waals surface area contributed by atoms with Gasteiger partial charge >= 0.3 is 22.4 Å². The second-order valence-electron chi connectivity index (χ2n) is 1.61. The molecule has 13 heavy (non-hydrogen) atoms. The van der Waals surface area contributed by atoms with E-state index in [0.717, 1.165) is 0 Å². The fraction of sp³-hybridized carbons (Fsp3) is 0. The third kappa shape index (κ3) is 9.14. The van der Waals surface area contributed by atoms with Crippen molar-refractivity contribution in [3.63, 3.8) is 0 Å². The lowest BCUT2D eigenvalue weighted by Crippen LogP contribution is -1.91. The Morgan fingerprint density at radius 2 is 1.31 bits per heavy atom. The van der Waals surface area contributed by atoms with Gasteiger partial charge in [0.05, 0.1) is 0 Å². The Bertz CT molecular complexity index is 277. The predicted octanol–water partition coefficient (Wildman–Crippen LogP) is -0.578. The largest absolute Gasteiger partial charge is 0.488 e. The molecule has 0 saturated heterocycles. The van der Waals surface area contributed by atoms with Crippen molar-refractivity contribution in [3.05, 3.63) is 0 Å². The van der Waals surface area contributed by atoms with Gasteiger partial charge in [0, 0.05) is 0 Å². The highest BCUT2D eigenvalue weighted by molar-refractivity contribution is 8.08. The van der Waals surface area contributed by atoms with Gasteiger partial charge in [-0.25, -0.2) is 13.4 Å². The van der Waals surface area contributed by atoms with Gasteiger partial charge in [-0.05, 0) is 11.8 Å². The molecular weight excluding hydrogens is 272 g/mol. The molecule has 0 fully saturated rings. The second kappa shape index (κ2) is 4.14. The zero-order valence-corrected chi connectivity index (χ0v) is 9.12. The summed E-state index contributed by atoms with van der Waals surface area (Å²) in [5, 5.41) is 0. The Balaban J connectivity index is 4.54. The number of rotatable bonds is 4. The quantitative estimate of drug-likeness (QED) is 0.421. The molecule has 9 nitrogen and oxygen atoms in total.